The van der Waals surface area contributed by atoms with Crippen LogP contribution in [0.4, 0.5) is 0 Å². The molecule has 2 heterocycles. The van der Waals surface area contributed by atoms with E-state index in [0.29, 0.717) is 48.1 Å². The first kappa shape index (κ1) is 34.7. The molecule has 2 aromatic carbocycles. The number of rotatable bonds is 16. The third kappa shape index (κ3) is 7.79. The molecule has 4 aromatic rings. The monoisotopic (exact) mass is 784 g/mol. The highest BCUT2D eigenvalue weighted by Crippen LogP contribution is 2.46. The summed E-state index contributed by atoms with van der Waals surface area (Å²) in [5.41, 5.74) is 0. The topological polar surface area (TPSA) is 146 Å². The first-order valence-electron chi connectivity index (χ1n) is 13.7. The number of hydrogen-bond acceptors (Lipinski definition) is 10. The molecule has 0 saturated carbocycles. The molecule has 2 atom stereocenters. The number of carboxylic acids is 2. The number of halogens is 2. The van der Waals surface area contributed by atoms with Crippen molar-refractivity contribution < 1.29 is 48.3 Å². The minimum absolute atomic E-state index is 0.0914. The molecule has 4 rings (SSSR count). The van der Waals surface area contributed by atoms with Gasteiger partial charge in [-0.2, -0.15) is 0 Å². The van der Waals surface area contributed by atoms with Gasteiger partial charge in [-0.3, -0.25) is 19.2 Å². The number of fused-ring (bicyclic) bond motifs is 2. The number of ketones is 2. The van der Waals surface area contributed by atoms with Crippen LogP contribution < -0.4 is 18.9 Å². The van der Waals surface area contributed by atoms with Crippen molar-refractivity contribution in [2.45, 2.75) is 33.1 Å². The summed E-state index contributed by atoms with van der Waals surface area (Å²) >= 11 is 9.71. The van der Waals surface area contributed by atoms with Crippen LogP contribution in [0, 0.1) is 11.8 Å². The van der Waals surface area contributed by atoms with Crippen molar-refractivity contribution in [3.8, 4) is 23.0 Å². The predicted octanol–water partition coefficient (Wildman–Crippen LogP) is 8.09. The average Bonchev–Trinajstić information content (AvgIpc) is 3.63. The Morgan fingerprint density at radius 1 is 0.711 bits per heavy atom. The summed E-state index contributed by atoms with van der Waals surface area (Å²) in [7, 11) is 3.04. The molecular formula is C31H30Br2O10S2. The summed E-state index contributed by atoms with van der Waals surface area (Å²) < 4.78 is 26.1. The van der Waals surface area contributed by atoms with Crippen LogP contribution in [-0.2, 0) is 9.59 Å². The molecule has 0 fully saturated rings. The lowest BCUT2D eigenvalue weighted by molar-refractivity contribution is -0.141. The first-order chi connectivity index (χ1) is 21.4. The van der Waals surface area contributed by atoms with Gasteiger partial charge in [0.2, 0.25) is 0 Å². The van der Waals surface area contributed by atoms with Crippen LogP contribution in [0.1, 0.15) is 52.5 Å². The number of ether oxygens (including phenoxy) is 4. The van der Waals surface area contributed by atoms with E-state index in [4.69, 9.17) is 29.2 Å². The zero-order chi connectivity index (χ0) is 33.0. The minimum atomic E-state index is -1.02. The molecule has 2 N–H and O–H groups in total. The Morgan fingerprint density at radius 2 is 1.09 bits per heavy atom. The molecule has 14 heteroatoms. The summed E-state index contributed by atoms with van der Waals surface area (Å²) in [6.07, 6.45) is 0.305. The van der Waals surface area contributed by atoms with Crippen molar-refractivity contribution in [3.63, 3.8) is 0 Å². The lowest BCUT2D eigenvalue weighted by Crippen LogP contribution is -2.13. The molecule has 0 aliphatic rings. The first-order valence-corrected chi connectivity index (χ1v) is 17.0. The number of hydrogen-bond donors (Lipinski definition) is 2. The molecule has 45 heavy (non-hydrogen) atoms. The number of methoxy groups -OCH3 is 2. The Balaban J connectivity index is 1.44. The fourth-order valence-corrected chi connectivity index (χ4v) is 8.02. The van der Waals surface area contributed by atoms with E-state index in [1.807, 2.05) is 0 Å². The zero-order valence-corrected chi connectivity index (χ0v) is 29.5. The van der Waals surface area contributed by atoms with E-state index in [0.717, 1.165) is 20.2 Å². The zero-order valence-electron chi connectivity index (χ0n) is 24.7. The molecular weight excluding hydrogens is 756 g/mol. The Morgan fingerprint density at radius 3 is 1.42 bits per heavy atom. The maximum atomic E-state index is 12.7. The predicted molar refractivity (Wildman–Crippen MR) is 179 cm³/mol. The van der Waals surface area contributed by atoms with Crippen molar-refractivity contribution in [1.82, 2.24) is 0 Å². The van der Waals surface area contributed by atoms with Gasteiger partial charge >= 0.3 is 11.9 Å². The van der Waals surface area contributed by atoms with Crippen molar-refractivity contribution in [2.75, 3.05) is 27.4 Å². The summed E-state index contributed by atoms with van der Waals surface area (Å²) in [5, 5.41) is 19.8. The molecule has 0 unspecified atom stereocenters. The number of thiophene rings is 2. The second-order valence-electron chi connectivity index (χ2n) is 10.3. The average molecular weight is 787 g/mol. The minimum Gasteiger partial charge on any atom is -0.493 e. The fraction of sp³-hybridized carbons (Fsp3) is 0.355. The number of Topliss-reactive ketones (excluding diaryl/α,β-unsaturated/α-hetero) is 2. The van der Waals surface area contributed by atoms with Crippen LogP contribution in [0.2, 0.25) is 0 Å². The van der Waals surface area contributed by atoms with Crippen LogP contribution >= 0.6 is 54.5 Å². The highest BCUT2D eigenvalue weighted by molar-refractivity contribution is 9.11. The molecule has 0 amide bonds. The maximum absolute atomic E-state index is 12.7. The molecule has 240 valence electrons. The summed E-state index contributed by atoms with van der Waals surface area (Å²) in [4.78, 5) is 48.7. The number of benzene rings is 2. The smallest absolute Gasteiger partial charge is 0.306 e. The van der Waals surface area contributed by atoms with Gasteiger partial charge in [0, 0.05) is 51.6 Å². The molecule has 0 bridgehead atoms. The van der Waals surface area contributed by atoms with Gasteiger partial charge in [-0.1, -0.05) is 13.8 Å². The summed E-state index contributed by atoms with van der Waals surface area (Å²) in [6, 6.07) is 7.03. The summed E-state index contributed by atoms with van der Waals surface area (Å²) in [6.45, 7) is 3.55. The maximum Gasteiger partial charge on any atom is 0.306 e. The molecule has 0 spiro atoms. The van der Waals surface area contributed by atoms with Crippen LogP contribution in [0.15, 0.2) is 33.2 Å². The lowest BCUT2D eigenvalue weighted by Gasteiger charge is -2.15. The van der Waals surface area contributed by atoms with Crippen molar-refractivity contribution in [3.05, 3.63) is 43.0 Å². The Hall–Kier alpha value is -3.20. The highest BCUT2D eigenvalue weighted by Gasteiger charge is 2.23. The van der Waals surface area contributed by atoms with E-state index in [2.05, 4.69) is 31.9 Å². The molecule has 10 nitrogen and oxygen atoms in total. The largest absolute Gasteiger partial charge is 0.493 e. The van der Waals surface area contributed by atoms with Gasteiger partial charge in [-0.05, 0) is 44.0 Å². The van der Waals surface area contributed by atoms with Gasteiger partial charge in [-0.25, -0.2) is 0 Å². The molecule has 0 radical (unpaired) electrons. The van der Waals surface area contributed by atoms with Crippen molar-refractivity contribution in [2.24, 2.45) is 11.8 Å². The standard InChI is InChI=1S/C31H30Br2O10S2/c1-14(30(36)37)8-18(34)24-10-16-22(44-24)12-20(40-3)28(26(16)32)42-6-5-7-43-29-21(41-4)13-23-17(27(29)33)11-25(45-23)19(35)9-15(2)31(38)39/h10-15H,5-9H2,1-4H3,(H,36,37)(H,38,39)/t14-,15-/m0/s1. The van der Waals surface area contributed by atoms with E-state index in [1.54, 1.807) is 24.3 Å². The SMILES string of the molecule is COc1cc2sc(C(=O)C[C@H](C)C(=O)O)cc2c(Br)c1OCCCOc1c(OC)cc2sc(C(=O)C[C@H](C)C(=O)O)cc2c1Br. The normalized spacial score (nSPS) is 12.6. The number of carbonyl (C=O) groups excluding carboxylic acids is 2. The second kappa shape index (κ2) is 14.9. The van der Waals surface area contributed by atoms with Crippen molar-refractivity contribution in [1.29, 1.82) is 0 Å². The lowest BCUT2D eigenvalue weighted by atomic mass is 10.0. The number of carboxylic acid groups (broad SMARTS) is 2. The van der Waals surface area contributed by atoms with Crippen molar-refractivity contribution >= 4 is 98.2 Å². The number of carbonyl (C=O) groups is 4. The van der Waals surface area contributed by atoms with Crippen LogP contribution in [0.3, 0.4) is 0 Å². The van der Waals surface area contributed by atoms with Gasteiger partial charge in [-0.15, -0.1) is 22.7 Å². The van der Waals surface area contributed by atoms with Gasteiger partial charge in [0.25, 0.3) is 0 Å². The van der Waals surface area contributed by atoms with Gasteiger partial charge < -0.3 is 29.2 Å². The van der Waals surface area contributed by atoms with Crippen LogP contribution in [0.5, 0.6) is 23.0 Å². The highest BCUT2D eigenvalue weighted by atomic mass is 79.9. The van der Waals surface area contributed by atoms with Gasteiger partial charge in [0.05, 0.1) is 58.0 Å². The fourth-order valence-electron chi connectivity index (χ4n) is 4.38. The van der Waals surface area contributed by atoms with Crippen LogP contribution in [0.25, 0.3) is 20.2 Å². The second-order valence-corrected chi connectivity index (χ2v) is 14.0. The van der Waals surface area contributed by atoms with Gasteiger partial charge in [0.1, 0.15) is 0 Å². The summed E-state index contributed by atoms with van der Waals surface area (Å²) in [5.74, 6) is -2.20. The van der Waals surface area contributed by atoms with E-state index in [-0.39, 0.29) is 37.6 Å². The van der Waals surface area contributed by atoms with E-state index in [1.165, 1.54) is 50.7 Å². The third-order valence-corrected chi connectivity index (χ3v) is 10.8. The number of aliphatic carboxylic acids is 2. The van der Waals surface area contributed by atoms with E-state index in [9.17, 15) is 19.2 Å². The molecule has 0 aliphatic heterocycles. The quantitative estimate of drug-likeness (QED) is 0.0845. The third-order valence-electron chi connectivity index (χ3n) is 6.96. The van der Waals surface area contributed by atoms with Gasteiger partial charge in [0.15, 0.2) is 34.6 Å². The van der Waals surface area contributed by atoms with E-state index < -0.39 is 23.8 Å². The van der Waals surface area contributed by atoms with Crippen LogP contribution in [-0.4, -0.2) is 61.2 Å². The molecule has 0 aliphatic carbocycles. The van der Waals surface area contributed by atoms with E-state index >= 15 is 0 Å². The molecule has 0 saturated heterocycles. The Kier molecular flexibility index (Phi) is 11.5. The Labute approximate surface area is 283 Å². The Bertz CT molecular complexity index is 1650. The molecule has 2 aromatic heterocycles.